The Kier molecular flexibility index (Phi) is 6.06. The number of rotatable bonds is 6. The van der Waals surface area contributed by atoms with Gasteiger partial charge in [0.2, 0.25) is 11.8 Å². The van der Waals surface area contributed by atoms with Gasteiger partial charge in [0.15, 0.2) is 0 Å². The molecule has 0 unspecified atom stereocenters. The number of ether oxygens (including phenoxy) is 1. The summed E-state index contributed by atoms with van der Waals surface area (Å²) in [6, 6.07) is 1.15. The van der Waals surface area contributed by atoms with Gasteiger partial charge in [-0.1, -0.05) is 0 Å². The van der Waals surface area contributed by atoms with Crippen molar-refractivity contribution >= 4 is 11.8 Å². The second kappa shape index (κ2) is 6.79. The van der Waals surface area contributed by atoms with Gasteiger partial charge in [-0.2, -0.15) is 5.26 Å². The lowest BCUT2D eigenvalue weighted by atomic mass is 10.0. The Balaban J connectivity index is 4.23. The highest BCUT2D eigenvalue weighted by Crippen LogP contribution is 2.04. The normalized spacial score (nSPS) is 13.7. The quantitative estimate of drug-likeness (QED) is 0.599. The summed E-state index contributed by atoms with van der Waals surface area (Å²) in [7, 11) is 1.37. The molecular formula is C9H15N3O3. The summed E-state index contributed by atoms with van der Waals surface area (Å²) in [5, 5.41) is 11.0. The maximum Gasteiger partial charge on any atom is 0.246 e. The number of hydrogen-bond acceptors (Lipinski definition) is 4. The lowest BCUT2D eigenvalue weighted by Gasteiger charge is -2.15. The van der Waals surface area contributed by atoms with Gasteiger partial charge in [-0.3, -0.25) is 9.59 Å². The molecule has 0 aromatic carbocycles. The van der Waals surface area contributed by atoms with E-state index >= 15 is 0 Å². The molecule has 0 spiro atoms. The summed E-state index contributed by atoms with van der Waals surface area (Å²) in [6.45, 7) is 1.52. The van der Waals surface area contributed by atoms with Gasteiger partial charge < -0.3 is 15.8 Å². The highest BCUT2D eigenvalue weighted by molar-refractivity contribution is 5.87. The maximum absolute atomic E-state index is 11.1. The molecule has 0 radical (unpaired) electrons. The van der Waals surface area contributed by atoms with E-state index in [2.05, 4.69) is 10.1 Å². The van der Waals surface area contributed by atoms with Crippen LogP contribution >= 0.6 is 0 Å². The summed E-state index contributed by atoms with van der Waals surface area (Å²) in [5.74, 6) is -1.42. The molecule has 0 aliphatic carbocycles. The lowest BCUT2D eigenvalue weighted by Crippen LogP contribution is -2.46. The highest BCUT2D eigenvalue weighted by atomic mass is 16.5. The van der Waals surface area contributed by atoms with E-state index in [4.69, 9.17) is 11.0 Å². The predicted octanol–water partition coefficient (Wildman–Crippen LogP) is -0.847. The summed E-state index contributed by atoms with van der Waals surface area (Å²) < 4.78 is 4.59. The number of nitrogens with zero attached hydrogens (tertiary/aromatic N) is 1. The van der Waals surface area contributed by atoms with Crippen molar-refractivity contribution in [1.82, 2.24) is 5.32 Å². The Morgan fingerprint density at radius 3 is 2.60 bits per heavy atom. The summed E-state index contributed by atoms with van der Waals surface area (Å²) >= 11 is 0. The first-order valence-electron chi connectivity index (χ1n) is 4.48. The molecule has 15 heavy (non-hydrogen) atoms. The zero-order valence-electron chi connectivity index (χ0n) is 8.82. The number of primary amides is 1. The average molecular weight is 213 g/mol. The first-order valence-corrected chi connectivity index (χ1v) is 4.48. The first-order chi connectivity index (χ1) is 7.01. The van der Waals surface area contributed by atoms with Crippen LogP contribution < -0.4 is 11.1 Å². The van der Waals surface area contributed by atoms with E-state index in [0.29, 0.717) is 0 Å². The fourth-order valence-electron chi connectivity index (χ4n) is 1.02. The lowest BCUT2D eigenvalue weighted by molar-refractivity contribution is -0.129. The number of nitrogens with two attached hydrogens (primary N) is 1. The van der Waals surface area contributed by atoms with Crippen molar-refractivity contribution in [1.29, 1.82) is 5.26 Å². The van der Waals surface area contributed by atoms with Crippen molar-refractivity contribution in [2.45, 2.75) is 19.4 Å². The molecule has 6 heteroatoms. The molecule has 0 saturated heterocycles. The minimum atomic E-state index is -0.817. The number of nitriles is 1. The van der Waals surface area contributed by atoms with E-state index in [1.54, 1.807) is 6.92 Å². The molecule has 2 amide bonds. The van der Waals surface area contributed by atoms with Crippen LogP contribution in [0.3, 0.4) is 0 Å². The molecule has 0 rings (SSSR count). The number of carbonyl (C=O) groups excluding carboxylic acids is 2. The predicted molar refractivity (Wildman–Crippen MR) is 52.4 cm³/mol. The van der Waals surface area contributed by atoms with Crippen molar-refractivity contribution < 1.29 is 14.3 Å². The van der Waals surface area contributed by atoms with Gasteiger partial charge in [0, 0.05) is 13.0 Å². The number of hydrogen-bond donors (Lipinski definition) is 2. The standard InChI is InChI=1S/C9H15N3O3/c1-6(4-10)3-7(9(11)14)12-8(13)5-15-2/h6-7H,3,5H2,1-2H3,(H2,11,14)(H,12,13)/t6-,7+/m1/s1. The Morgan fingerprint density at radius 1 is 1.60 bits per heavy atom. The monoisotopic (exact) mass is 213 g/mol. The van der Waals surface area contributed by atoms with E-state index in [-0.39, 0.29) is 18.9 Å². The van der Waals surface area contributed by atoms with Crippen molar-refractivity contribution in [2.24, 2.45) is 11.7 Å². The van der Waals surface area contributed by atoms with E-state index < -0.39 is 17.9 Å². The fourth-order valence-corrected chi connectivity index (χ4v) is 1.02. The van der Waals surface area contributed by atoms with Crippen molar-refractivity contribution in [2.75, 3.05) is 13.7 Å². The third kappa shape index (κ3) is 5.65. The molecule has 3 N–H and O–H groups in total. The number of nitrogens with one attached hydrogen (secondary N) is 1. The Bertz CT molecular complexity index is 272. The third-order valence-corrected chi connectivity index (χ3v) is 1.76. The van der Waals surface area contributed by atoms with Crippen LogP contribution in [0.2, 0.25) is 0 Å². The molecule has 2 atom stereocenters. The van der Waals surface area contributed by atoms with Gasteiger partial charge in [-0.05, 0) is 13.3 Å². The van der Waals surface area contributed by atoms with Crippen LogP contribution in [0, 0.1) is 17.2 Å². The topological polar surface area (TPSA) is 105 Å². The minimum absolute atomic E-state index is 0.134. The van der Waals surface area contributed by atoms with Gasteiger partial charge in [-0.25, -0.2) is 0 Å². The number of carbonyl (C=O) groups is 2. The van der Waals surface area contributed by atoms with Crippen LogP contribution in [-0.2, 0) is 14.3 Å². The third-order valence-electron chi connectivity index (χ3n) is 1.76. The Morgan fingerprint density at radius 2 is 2.20 bits per heavy atom. The molecule has 0 fully saturated rings. The fraction of sp³-hybridized carbons (Fsp3) is 0.667. The largest absolute Gasteiger partial charge is 0.375 e. The smallest absolute Gasteiger partial charge is 0.246 e. The molecule has 0 aliphatic heterocycles. The van der Waals surface area contributed by atoms with Crippen molar-refractivity contribution in [3.63, 3.8) is 0 Å². The highest BCUT2D eigenvalue weighted by Gasteiger charge is 2.20. The zero-order valence-corrected chi connectivity index (χ0v) is 8.82. The van der Waals surface area contributed by atoms with Gasteiger partial charge in [-0.15, -0.1) is 0 Å². The van der Waals surface area contributed by atoms with E-state index in [1.807, 2.05) is 6.07 Å². The Labute approximate surface area is 88.4 Å². The van der Waals surface area contributed by atoms with Gasteiger partial charge >= 0.3 is 0 Å². The van der Waals surface area contributed by atoms with Crippen LogP contribution in [0.1, 0.15) is 13.3 Å². The minimum Gasteiger partial charge on any atom is -0.375 e. The van der Waals surface area contributed by atoms with Crippen molar-refractivity contribution in [3.8, 4) is 6.07 Å². The number of methoxy groups -OCH3 is 1. The molecule has 6 nitrogen and oxygen atoms in total. The van der Waals surface area contributed by atoms with Crippen LogP contribution in [0.4, 0.5) is 0 Å². The van der Waals surface area contributed by atoms with Crippen LogP contribution in [0.25, 0.3) is 0 Å². The second-order valence-corrected chi connectivity index (χ2v) is 3.22. The molecule has 0 aromatic heterocycles. The molecule has 84 valence electrons. The second-order valence-electron chi connectivity index (χ2n) is 3.22. The molecule has 0 aliphatic rings. The van der Waals surface area contributed by atoms with Crippen molar-refractivity contribution in [3.05, 3.63) is 0 Å². The first kappa shape index (κ1) is 13.4. The van der Waals surface area contributed by atoms with Gasteiger partial charge in [0.1, 0.15) is 12.6 Å². The van der Waals surface area contributed by atoms with Crippen LogP contribution in [0.5, 0.6) is 0 Å². The maximum atomic E-state index is 11.1. The summed E-state index contributed by atoms with van der Waals surface area (Å²) in [4.78, 5) is 22.0. The van der Waals surface area contributed by atoms with Gasteiger partial charge in [0.25, 0.3) is 0 Å². The van der Waals surface area contributed by atoms with E-state index in [1.165, 1.54) is 7.11 Å². The molecule has 0 bridgehead atoms. The van der Waals surface area contributed by atoms with Crippen LogP contribution in [0.15, 0.2) is 0 Å². The van der Waals surface area contributed by atoms with E-state index in [0.717, 1.165) is 0 Å². The molecule has 0 saturated carbocycles. The molecular weight excluding hydrogens is 198 g/mol. The molecule has 0 heterocycles. The summed E-state index contributed by atoms with van der Waals surface area (Å²) in [6.07, 6.45) is 0.210. The number of amides is 2. The van der Waals surface area contributed by atoms with Gasteiger partial charge in [0.05, 0.1) is 6.07 Å². The average Bonchev–Trinajstić information content (AvgIpc) is 2.16. The zero-order chi connectivity index (χ0) is 11.8. The Hall–Kier alpha value is -1.61. The van der Waals surface area contributed by atoms with Crippen LogP contribution in [-0.4, -0.2) is 31.6 Å². The van der Waals surface area contributed by atoms with E-state index in [9.17, 15) is 9.59 Å². The summed E-state index contributed by atoms with van der Waals surface area (Å²) in [5.41, 5.74) is 5.08. The SMILES string of the molecule is COCC(=O)N[C@@H](C[C@@H](C)C#N)C(N)=O. The molecule has 0 aromatic rings.